The molecule has 2 aliphatic rings. The van der Waals surface area contributed by atoms with Crippen LogP contribution in [0.4, 0.5) is 4.39 Å². The van der Waals surface area contributed by atoms with Gasteiger partial charge < -0.3 is 15.0 Å². The van der Waals surface area contributed by atoms with Gasteiger partial charge in [-0.25, -0.2) is 4.39 Å². The Morgan fingerprint density at radius 3 is 3.05 bits per heavy atom. The van der Waals surface area contributed by atoms with Gasteiger partial charge in [0, 0.05) is 19.6 Å². The molecule has 3 rings (SSSR count). The molecule has 2 heterocycles. The van der Waals surface area contributed by atoms with E-state index in [-0.39, 0.29) is 17.8 Å². The second kappa shape index (κ2) is 6.12. The van der Waals surface area contributed by atoms with Gasteiger partial charge in [0.1, 0.15) is 11.9 Å². The predicted octanol–water partition coefficient (Wildman–Crippen LogP) is 1.72. The number of nitrogens with zero attached hydrogens (tertiary/aromatic N) is 1. The SMILES string of the molecule is CC1CCN(C(=O)C2CNCCO2)C1c1cccc(F)c1. The maximum absolute atomic E-state index is 13.5. The summed E-state index contributed by atoms with van der Waals surface area (Å²) < 4.78 is 19.1. The van der Waals surface area contributed by atoms with Crippen molar-refractivity contribution in [1.29, 1.82) is 0 Å². The number of benzene rings is 1. The number of nitrogens with one attached hydrogen (secondary N) is 1. The van der Waals surface area contributed by atoms with E-state index in [1.807, 2.05) is 11.0 Å². The Bertz CT molecular complexity index is 517. The zero-order valence-corrected chi connectivity index (χ0v) is 12.2. The minimum atomic E-state index is -0.417. The standard InChI is InChI=1S/C16H21FN2O2/c1-11-5-7-19(16(20)14-10-18-6-8-21-14)15(11)12-3-2-4-13(17)9-12/h2-4,9,11,14-15,18H,5-8,10H2,1H3. The molecule has 3 atom stereocenters. The minimum Gasteiger partial charge on any atom is -0.366 e. The molecule has 0 aliphatic carbocycles. The van der Waals surface area contributed by atoms with E-state index in [4.69, 9.17) is 4.74 Å². The van der Waals surface area contributed by atoms with E-state index in [2.05, 4.69) is 12.2 Å². The molecule has 0 radical (unpaired) electrons. The molecular formula is C16H21FN2O2. The molecule has 5 heteroatoms. The molecule has 1 aromatic carbocycles. The lowest BCUT2D eigenvalue weighted by atomic mass is 9.95. The van der Waals surface area contributed by atoms with Crippen LogP contribution in [0.3, 0.4) is 0 Å². The lowest BCUT2D eigenvalue weighted by molar-refractivity contribution is -0.146. The highest BCUT2D eigenvalue weighted by Crippen LogP contribution is 2.37. The van der Waals surface area contributed by atoms with Crippen molar-refractivity contribution in [3.63, 3.8) is 0 Å². The molecule has 4 nitrogen and oxygen atoms in total. The maximum atomic E-state index is 13.5. The summed E-state index contributed by atoms with van der Waals surface area (Å²) in [6.45, 7) is 4.72. The van der Waals surface area contributed by atoms with Crippen LogP contribution in [0.25, 0.3) is 0 Å². The maximum Gasteiger partial charge on any atom is 0.253 e. The summed E-state index contributed by atoms with van der Waals surface area (Å²) in [7, 11) is 0. The van der Waals surface area contributed by atoms with Crippen LogP contribution in [0.15, 0.2) is 24.3 Å². The van der Waals surface area contributed by atoms with Gasteiger partial charge in [0.05, 0.1) is 12.6 Å². The van der Waals surface area contributed by atoms with Gasteiger partial charge in [-0.1, -0.05) is 19.1 Å². The Balaban J connectivity index is 1.81. The highest BCUT2D eigenvalue weighted by Gasteiger charge is 2.39. The summed E-state index contributed by atoms with van der Waals surface area (Å²) in [5.74, 6) is 0.0858. The van der Waals surface area contributed by atoms with Crippen molar-refractivity contribution in [1.82, 2.24) is 10.2 Å². The summed E-state index contributed by atoms with van der Waals surface area (Å²) in [4.78, 5) is 14.5. The molecule has 1 N–H and O–H groups in total. The summed E-state index contributed by atoms with van der Waals surface area (Å²) in [6, 6.07) is 6.52. The van der Waals surface area contributed by atoms with Gasteiger partial charge in [0.15, 0.2) is 0 Å². The van der Waals surface area contributed by atoms with Gasteiger partial charge in [-0.3, -0.25) is 4.79 Å². The van der Waals surface area contributed by atoms with Crippen LogP contribution in [-0.2, 0) is 9.53 Å². The summed E-state index contributed by atoms with van der Waals surface area (Å²) in [5.41, 5.74) is 0.872. The highest BCUT2D eigenvalue weighted by molar-refractivity contribution is 5.82. The van der Waals surface area contributed by atoms with E-state index in [9.17, 15) is 9.18 Å². The Morgan fingerprint density at radius 1 is 1.48 bits per heavy atom. The molecule has 1 amide bonds. The Labute approximate surface area is 124 Å². The predicted molar refractivity (Wildman–Crippen MR) is 77.2 cm³/mol. The number of rotatable bonds is 2. The molecule has 0 bridgehead atoms. The fourth-order valence-electron chi connectivity index (χ4n) is 3.30. The third-order valence-corrected chi connectivity index (χ3v) is 4.38. The number of amides is 1. The molecule has 114 valence electrons. The lowest BCUT2D eigenvalue weighted by Crippen LogP contribution is -2.49. The quantitative estimate of drug-likeness (QED) is 0.902. The summed E-state index contributed by atoms with van der Waals surface area (Å²) in [6.07, 6.45) is 0.521. The number of likely N-dealkylation sites (tertiary alicyclic amines) is 1. The molecule has 3 unspecified atom stereocenters. The zero-order chi connectivity index (χ0) is 14.8. The Hall–Kier alpha value is -1.46. The number of hydrogen-bond acceptors (Lipinski definition) is 3. The van der Waals surface area contributed by atoms with Crippen LogP contribution in [0.1, 0.15) is 24.9 Å². The van der Waals surface area contributed by atoms with E-state index >= 15 is 0 Å². The first-order valence-electron chi connectivity index (χ1n) is 7.55. The van der Waals surface area contributed by atoms with Crippen molar-refractivity contribution < 1.29 is 13.9 Å². The number of ether oxygens (including phenoxy) is 1. The van der Waals surface area contributed by atoms with E-state index in [0.717, 1.165) is 18.5 Å². The number of hydrogen-bond donors (Lipinski definition) is 1. The fourth-order valence-corrected chi connectivity index (χ4v) is 3.30. The van der Waals surface area contributed by atoms with Crippen molar-refractivity contribution in [2.45, 2.75) is 25.5 Å². The van der Waals surface area contributed by atoms with Crippen molar-refractivity contribution in [3.8, 4) is 0 Å². The molecule has 2 aliphatic heterocycles. The van der Waals surface area contributed by atoms with Gasteiger partial charge in [-0.05, 0) is 30.0 Å². The highest BCUT2D eigenvalue weighted by atomic mass is 19.1. The first-order chi connectivity index (χ1) is 10.2. The van der Waals surface area contributed by atoms with Gasteiger partial charge in [0.25, 0.3) is 5.91 Å². The second-order valence-electron chi connectivity index (χ2n) is 5.86. The number of carbonyl (C=O) groups is 1. The molecule has 1 aromatic rings. The van der Waals surface area contributed by atoms with Gasteiger partial charge in [0.2, 0.25) is 0 Å². The lowest BCUT2D eigenvalue weighted by Gasteiger charge is -2.32. The molecule has 2 fully saturated rings. The molecule has 2 saturated heterocycles. The zero-order valence-electron chi connectivity index (χ0n) is 12.2. The third kappa shape index (κ3) is 2.94. The van der Waals surface area contributed by atoms with Gasteiger partial charge in [-0.2, -0.15) is 0 Å². The minimum absolute atomic E-state index is 0.0146. The van der Waals surface area contributed by atoms with Crippen molar-refractivity contribution in [3.05, 3.63) is 35.6 Å². The number of carbonyl (C=O) groups excluding carboxylic acids is 1. The van der Waals surface area contributed by atoms with Crippen molar-refractivity contribution in [2.75, 3.05) is 26.2 Å². The van der Waals surface area contributed by atoms with E-state index in [1.165, 1.54) is 12.1 Å². The van der Waals surface area contributed by atoms with Crippen LogP contribution in [0.5, 0.6) is 0 Å². The normalized spacial score (nSPS) is 29.6. The van der Waals surface area contributed by atoms with E-state index in [1.54, 1.807) is 6.07 Å². The number of morpholine rings is 1. The van der Waals surface area contributed by atoms with Crippen molar-refractivity contribution >= 4 is 5.91 Å². The first-order valence-corrected chi connectivity index (χ1v) is 7.55. The summed E-state index contributed by atoms with van der Waals surface area (Å²) >= 11 is 0. The van der Waals surface area contributed by atoms with Crippen LogP contribution in [0.2, 0.25) is 0 Å². The van der Waals surface area contributed by atoms with Crippen LogP contribution in [-0.4, -0.2) is 43.2 Å². The topological polar surface area (TPSA) is 41.6 Å². The Kier molecular flexibility index (Phi) is 4.22. The van der Waals surface area contributed by atoms with E-state index < -0.39 is 6.10 Å². The third-order valence-electron chi connectivity index (χ3n) is 4.38. The monoisotopic (exact) mass is 292 g/mol. The largest absolute Gasteiger partial charge is 0.366 e. The average molecular weight is 292 g/mol. The van der Waals surface area contributed by atoms with Crippen LogP contribution < -0.4 is 5.32 Å². The summed E-state index contributed by atoms with van der Waals surface area (Å²) in [5, 5.41) is 3.18. The smallest absolute Gasteiger partial charge is 0.253 e. The average Bonchev–Trinajstić information content (AvgIpc) is 2.89. The molecule has 0 aromatic heterocycles. The van der Waals surface area contributed by atoms with Crippen molar-refractivity contribution in [2.24, 2.45) is 5.92 Å². The molecular weight excluding hydrogens is 271 g/mol. The Morgan fingerprint density at radius 2 is 2.33 bits per heavy atom. The second-order valence-corrected chi connectivity index (χ2v) is 5.86. The fraction of sp³-hybridized carbons (Fsp3) is 0.562. The first kappa shape index (κ1) is 14.5. The van der Waals surface area contributed by atoms with E-state index in [0.29, 0.717) is 25.6 Å². The number of halogens is 1. The van der Waals surface area contributed by atoms with Gasteiger partial charge in [-0.15, -0.1) is 0 Å². The molecule has 21 heavy (non-hydrogen) atoms. The van der Waals surface area contributed by atoms with Crippen LogP contribution >= 0.6 is 0 Å². The molecule has 0 saturated carbocycles. The molecule has 0 spiro atoms. The van der Waals surface area contributed by atoms with Gasteiger partial charge >= 0.3 is 0 Å². The van der Waals surface area contributed by atoms with Crippen LogP contribution in [0, 0.1) is 11.7 Å².